The zero-order chi connectivity index (χ0) is 22.8. The highest BCUT2D eigenvalue weighted by Gasteiger charge is 2.37. The molecule has 11 heteroatoms. The quantitative estimate of drug-likeness (QED) is 0.296. The van der Waals surface area contributed by atoms with Crippen molar-refractivity contribution in [3.05, 3.63) is 68.2 Å². The maximum Gasteiger partial charge on any atom is 0.335 e. The number of barbiturate groups is 1. The van der Waals surface area contributed by atoms with Crippen LogP contribution in [-0.4, -0.2) is 49.1 Å². The van der Waals surface area contributed by atoms with E-state index < -0.39 is 22.8 Å². The lowest BCUT2D eigenvalue weighted by atomic mass is 10.1. The van der Waals surface area contributed by atoms with Crippen molar-refractivity contribution < 1.29 is 24.0 Å². The number of ether oxygens (including phenoxy) is 1. The van der Waals surface area contributed by atoms with E-state index in [4.69, 9.17) is 4.74 Å². The maximum absolute atomic E-state index is 13.0. The number of rotatable bonds is 4. The first-order valence-corrected chi connectivity index (χ1v) is 10.4. The van der Waals surface area contributed by atoms with Crippen LogP contribution in [-0.2, 0) is 14.3 Å². The number of halogens is 1. The number of urea groups is 1. The van der Waals surface area contributed by atoms with Gasteiger partial charge >= 0.3 is 6.03 Å². The lowest BCUT2D eigenvalue weighted by Crippen LogP contribution is -2.54. The molecule has 4 amide bonds. The predicted molar refractivity (Wildman–Crippen MR) is 119 cm³/mol. The molecule has 0 aromatic heterocycles. The van der Waals surface area contributed by atoms with Crippen LogP contribution in [0.1, 0.15) is 5.56 Å². The van der Waals surface area contributed by atoms with Gasteiger partial charge < -0.3 is 9.64 Å². The molecule has 0 spiro atoms. The van der Waals surface area contributed by atoms with E-state index in [0.29, 0.717) is 32.0 Å². The number of amides is 4. The van der Waals surface area contributed by atoms with Gasteiger partial charge in [0.15, 0.2) is 0 Å². The zero-order valence-electron chi connectivity index (χ0n) is 16.6. The normalized spacial score (nSPS) is 18.2. The summed E-state index contributed by atoms with van der Waals surface area (Å²) >= 11 is 3.28. The summed E-state index contributed by atoms with van der Waals surface area (Å²) in [6, 6.07) is 10.0. The molecule has 2 fully saturated rings. The van der Waals surface area contributed by atoms with Crippen molar-refractivity contribution in [3.63, 3.8) is 0 Å². The summed E-state index contributed by atoms with van der Waals surface area (Å²) in [7, 11) is 0. The number of nitrogens with zero attached hydrogens (tertiary/aromatic N) is 3. The SMILES string of the molecule is O=C1NC(=O)N(c2ccc(Br)cc2)C(=O)/C1=C/c1ccc(N2CCOCC2)c([N+](=O)[O-])c1. The molecule has 2 heterocycles. The first-order chi connectivity index (χ1) is 15.3. The number of nitrogens with one attached hydrogen (secondary N) is 1. The van der Waals surface area contributed by atoms with E-state index in [-0.39, 0.29) is 22.5 Å². The molecule has 0 saturated carbocycles. The highest BCUT2D eigenvalue weighted by molar-refractivity contribution is 9.10. The number of carbonyl (C=O) groups is 3. The minimum Gasteiger partial charge on any atom is -0.378 e. The van der Waals surface area contributed by atoms with Crippen LogP contribution < -0.4 is 15.1 Å². The Labute approximate surface area is 190 Å². The van der Waals surface area contributed by atoms with Gasteiger partial charge in [0.05, 0.1) is 23.8 Å². The second-order valence-electron chi connectivity index (χ2n) is 7.04. The van der Waals surface area contributed by atoms with Crippen molar-refractivity contribution in [2.75, 3.05) is 36.1 Å². The number of carbonyl (C=O) groups excluding carboxylic acids is 3. The van der Waals surface area contributed by atoms with Gasteiger partial charge in [-0.05, 0) is 42.0 Å². The van der Waals surface area contributed by atoms with Crippen LogP contribution in [0.2, 0.25) is 0 Å². The Bertz CT molecular complexity index is 1140. The number of nitro groups is 1. The molecule has 2 aromatic rings. The summed E-state index contributed by atoms with van der Waals surface area (Å²) in [6.45, 7) is 1.98. The lowest BCUT2D eigenvalue weighted by Gasteiger charge is -2.28. The molecule has 2 aromatic carbocycles. The summed E-state index contributed by atoms with van der Waals surface area (Å²) in [5.74, 6) is -1.69. The van der Waals surface area contributed by atoms with Crippen molar-refractivity contribution in [1.82, 2.24) is 5.32 Å². The number of morpholine rings is 1. The molecule has 0 unspecified atom stereocenters. The Morgan fingerprint density at radius 1 is 1.06 bits per heavy atom. The first-order valence-electron chi connectivity index (χ1n) is 9.63. The summed E-state index contributed by atoms with van der Waals surface area (Å²) < 4.78 is 6.05. The highest BCUT2D eigenvalue weighted by atomic mass is 79.9. The predicted octanol–water partition coefficient (Wildman–Crippen LogP) is 2.86. The highest BCUT2D eigenvalue weighted by Crippen LogP contribution is 2.31. The standard InChI is InChI=1S/C21H17BrN4O6/c22-14-2-4-15(5-3-14)25-20(28)16(19(27)23-21(25)29)11-13-1-6-17(18(12-13)26(30)31)24-7-9-32-10-8-24/h1-6,11-12H,7-10H2,(H,23,27,29)/b16-11+. The lowest BCUT2D eigenvalue weighted by molar-refractivity contribution is -0.384. The van der Waals surface area contributed by atoms with E-state index >= 15 is 0 Å². The van der Waals surface area contributed by atoms with Crippen molar-refractivity contribution in [2.45, 2.75) is 0 Å². The maximum atomic E-state index is 13.0. The molecule has 0 aliphatic carbocycles. The number of hydrogen-bond acceptors (Lipinski definition) is 7. The van der Waals surface area contributed by atoms with Crippen molar-refractivity contribution in [3.8, 4) is 0 Å². The first kappa shape index (κ1) is 21.7. The van der Waals surface area contributed by atoms with Crippen molar-refractivity contribution >= 4 is 56.9 Å². The molecular formula is C21H17BrN4O6. The van der Waals surface area contributed by atoms with Crippen LogP contribution in [0.25, 0.3) is 6.08 Å². The molecule has 0 atom stereocenters. The Kier molecular flexibility index (Phi) is 6.01. The molecule has 2 aliphatic heterocycles. The molecule has 2 saturated heterocycles. The molecule has 32 heavy (non-hydrogen) atoms. The second kappa shape index (κ2) is 8.89. The molecule has 2 aliphatic rings. The average Bonchev–Trinajstić information content (AvgIpc) is 2.78. The van der Waals surface area contributed by atoms with Crippen molar-refractivity contribution in [2.24, 2.45) is 0 Å². The number of benzene rings is 2. The summed E-state index contributed by atoms with van der Waals surface area (Å²) in [4.78, 5) is 51.5. The Balaban J connectivity index is 1.69. The summed E-state index contributed by atoms with van der Waals surface area (Å²) in [6.07, 6.45) is 1.24. The molecule has 4 rings (SSSR count). The Hall–Kier alpha value is -3.57. The third-order valence-corrected chi connectivity index (χ3v) is 5.57. The zero-order valence-corrected chi connectivity index (χ0v) is 18.2. The van der Waals surface area contributed by atoms with E-state index in [2.05, 4.69) is 21.2 Å². The van der Waals surface area contributed by atoms with Gasteiger partial charge in [-0.1, -0.05) is 22.0 Å². The molecule has 0 bridgehead atoms. The van der Waals surface area contributed by atoms with E-state index in [1.54, 1.807) is 36.4 Å². The van der Waals surface area contributed by atoms with Crippen LogP contribution >= 0.6 is 15.9 Å². The average molecular weight is 501 g/mol. The van der Waals surface area contributed by atoms with E-state index in [1.165, 1.54) is 12.1 Å². The summed E-state index contributed by atoms with van der Waals surface area (Å²) in [5, 5.41) is 13.8. The van der Waals surface area contributed by atoms with Crippen LogP contribution in [0, 0.1) is 10.1 Å². The van der Waals surface area contributed by atoms with Gasteiger partial charge in [-0.15, -0.1) is 0 Å². The topological polar surface area (TPSA) is 122 Å². The number of anilines is 2. The van der Waals surface area contributed by atoms with Crippen LogP contribution in [0.5, 0.6) is 0 Å². The molecule has 10 nitrogen and oxygen atoms in total. The molecular weight excluding hydrogens is 484 g/mol. The van der Waals surface area contributed by atoms with E-state index in [9.17, 15) is 24.5 Å². The number of nitro benzene ring substituents is 1. The van der Waals surface area contributed by atoms with E-state index in [0.717, 1.165) is 9.37 Å². The smallest absolute Gasteiger partial charge is 0.335 e. The minimum atomic E-state index is -0.867. The fourth-order valence-electron chi connectivity index (χ4n) is 3.50. The minimum absolute atomic E-state index is 0.147. The molecule has 0 radical (unpaired) electrons. The third kappa shape index (κ3) is 4.25. The number of hydrogen-bond donors (Lipinski definition) is 1. The second-order valence-corrected chi connectivity index (χ2v) is 7.95. The van der Waals surface area contributed by atoms with Gasteiger partial charge in [0, 0.05) is 23.6 Å². The fourth-order valence-corrected chi connectivity index (χ4v) is 3.76. The van der Waals surface area contributed by atoms with E-state index in [1.807, 2.05) is 4.90 Å². The third-order valence-electron chi connectivity index (χ3n) is 5.05. The van der Waals surface area contributed by atoms with Gasteiger partial charge in [0.2, 0.25) is 0 Å². The monoisotopic (exact) mass is 500 g/mol. The van der Waals surface area contributed by atoms with Gasteiger partial charge in [0.1, 0.15) is 11.3 Å². The largest absolute Gasteiger partial charge is 0.378 e. The Morgan fingerprint density at radius 2 is 1.75 bits per heavy atom. The van der Waals surface area contributed by atoms with Crippen molar-refractivity contribution in [1.29, 1.82) is 0 Å². The van der Waals surface area contributed by atoms with Gasteiger partial charge in [0.25, 0.3) is 17.5 Å². The van der Waals surface area contributed by atoms with Gasteiger partial charge in [-0.25, -0.2) is 9.69 Å². The van der Waals surface area contributed by atoms with Crippen LogP contribution in [0.4, 0.5) is 21.9 Å². The number of imide groups is 2. The van der Waals surface area contributed by atoms with Gasteiger partial charge in [-0.3, -0.25) is 25.0 Å². The summed E-state index contributed by atoms with van der Waals surface area (Å²) in [5.41, 5.74) is 0.554. The fraction of sp³-hybridized carbons (Fsp3) is 0.190. The van der Waals surface area contributed by atoms with Crippen LogP contribution in [0.15, 0.2) is 52.5 Å². The Morgan fingerprint density at radius 3 is 2.41 bits per heavy atom. The molecule has 164 valence electrons. The van der Waals surface area contributed by atoms with Gasteiger partial charge in [-0.2, -0.15) is 0 Å². The molecule has 1 N–H and O–H groups in total. The van der Waals surface area contributed by atoms with Crippen LogP contribution in [0.3, 0.4) is 0 Å².